The van der Waals surface area contributed by atoms with Crippen molar-refractivity contribution in [1.82, 2.24) is 15.1 Å². The zero-order chi connectivity index (χ0) is 19.3. The number of benzene rings is 1. The summed E-state index contributed by atoms with van der Waals surface area (Å²) < 4.78 is 13.1. The van der Waals surface area contributed by atoms with Gasteiger partial charge in [0.05, 0.1) is 5.60 Å². The van der Waals surface area contributed by atoms with E-state index in [0.717, 1.165) is 44.5 Å². The third-order valence-electron chi connectivity index (χ3n) is 5.85. The van der Waals surface area contributed by atoms with E-state index in [1.165, 1.54) is 12.1 Å². The molecule has 1 unspecified atom stereocenters. The van der Waals surface area contributed by atoms with E-state index in [-0.39, 0.29) is 17.6 Å². The van der Waals surface area contributed by atoms with Gasteiger partial charge in [0.1, 0.15) is 5.82 Å². The molecular weight excluding hydrogens is 345 g/mol. The summed E-state index contributed by atoms with van der Waals surface area (Å²) in [5.74, 6) is 0.168. The highest BCUT2D eigenvalue weighted by molar-refractivity contribution is 5.79. The van der Waals surface area contributed by atoms with E-state index in [9.17, 15) is 14.3 Å². The maximum atomic E-state index is 13.1. The Hall–Kier alpha value is -1.50. The van der Waals surface area contributed by atoms with Crippen molar-refractivity contribution in [3.8, 4) is 0 Å². The number of amides is 1. The maximum absolute atomic E-state index is 13.1. The molecule has 2 aliphatic rings. The third kappa shape index (κ3) is 5.74. The van der Waals surface area contributed by atoms with E-state index in [0.29, 0.717) is 32.5 Å². The molecule has 1 aromatic rings. The van der Waals surface area contributed by atoms with Gasteiger partial charge in [0, 0.05) is 32.1 Å². The first-order valence-corrected chi connectivity index (χ1v) is 10.1. The number of hydrogen-bond acceptors (Lipinski definition) is 4. The van der Waals surface area contributed by atoms with Crippen LogP contribution < -0.4 is 5.32 Å². The van der Waals surface area contributed by atoms with E-state index in [4.69, 9.17) is 0 Å². The van der Waals surface area contributed by atoms with Crippen LogP contribution in [-0.4, -0.2) is 66.2 Å². The van der Waals surface area contributed by atoms with Crippen molar-refractivity contribution in [3.05, 3.63) is 35.6 Å². The number of likely N-dealkylation sites (N-methyl/N-ethyl adjacent to an activating group) is 1. The van der Waals surface area contributed by atoms with E-state index >= 15 is 0 Å². The number of hydrogen-bond donors (Lipinski definition) is 2. The summed E-state index contributed by atoms with van der Waals surface area (Å²) >= 11 is 0. The average molecular weight is 378 g/mol. The van der Waals surface area contributed by atoms with Gasteiger partial charge in [-0.1, -0.05) is 12.1 Å². The lowest BCUT2D eigenvalue weighted by atomic mass is 9.94. The Bertz CT molecular complexity index is 618. The highest BCUT2D eigenvalue weighted by atomic mass is 19.1. The number of carbonyl (C=O) groups excluding carboxylic acids is 1. The molecular formula is C21H32FN3O2. The van der Waals surface area contributed by atoms with Gasteiger partial charge in [-0.25, -0.2) is 4.39 Å². The minimum Gasteiger partial charge on any atom is -0.388 e. The van der Waals surface area contributed by atoms with E-state index in [1.807, 2.05) is 11.9 Å². The van der Waals surface area contributed by atoms with Crippen LogP contribution in [0.4, 0.5) is 4.39 Å². The van der Waals surface area contributed by atoms with Crippen molar-refractivity contribution >= 4 is 5.91 Å². The second-order valence-electron chi connectivity index (χ2n) is 8.23. The number of likely N-dealkylation sites (tertiary alicyclic amines) is 1. The largest absolute Gasteiger partial charge is 0.388 e. The number of nitrogens with zero attached hydrogens (tertiary/aromatic N) is 2. The van der Waals surface area contributed by atoms with Crippen LogP contribution in [0.25, 0.3) is 0 Å². The predicted molar refractivity (Wildman–Crippen MR) is 104 cm³/mol. The van der Waals surface area contributed by atoms with Crippen LogP contribution in [0.2, 0.25) is 0 Å². The summed E-state index contributed by atoms with van der Waals surface area (Å²) in [6.07, 6.45) is 3.98. The minimum atomic E-state index is -0.780. The van der Waals surface area contributed by atoms with Gasteiger partial charge >= 0.3 is 0 Å². The monoisotopic (exact) mass is 377 g/mol. The van der Waals surface area contributed by atoms with Crippen LogP contribution in [0.1, 0.15) is 37.7 Å². The minimum absolute atomic E-state index is 0.138. The van der Waals surface area contributed by atoms with Gasteiger partial charge in [-0.3, -0.25) is 9.69 Å². The molecule has 150 valence electrons. The zero-order valence-corrected chi connectivity index (χ0v) is 16.3. The molecule has 0 aliphatic carbocycles. The first-order valence-electron chi connectivity index (χ1n) is 10.1. The molecule has 0 radical (unpaired) electrons. The number of aliphatic hydroxyl groups is 1. The van der Waals surface area contributed by atoms with E-state index in [1.54, 1.807) is 12.1 Å². The fourth-order valence-corrected chi connectivity index (χ4v) is 4.34. The molecule has 0 bridgehead atoms. The zero-order valence-electron chi connectivity index (χ0n) is 16.3. The Kier molecular flexibility index (Phi) is 6.84. The lowest BCUT2D eigenvalue weighted by Gasteiger charge is -2.32. The summed E-state index contributed by atoms with van der Waals surface area (Å²) in [6.45, 7) is 4.43. The van der Waals surface area contributed by atoms with Gasteiger partial charge in [-0.05, 0) is 69.9 Å². The molecule has 5 nitrogen and oxygen atoms in total. The number of piperidine rings is 1. The molecule has 27 heavy (non-hydrogen) atoms. The molecule has 1 amide bonds. The Balaban J connectivity index is 1.52. The maximum Gasteiger partial charge on any atom is 0.225 e. The molecule has 1 atom stereocenters. The molecule has 0 aromatic heterocycles. The molecule has 2 N–H and O–H groups in total. The molecule has 6 heteroatoms. The molecule has 0 spiro atoms. The quantitative estimate of drug-likeness (QED) is 0.824. The number of carbonyl (C=O) groups is 1. The molecule has 2 fully saturated rings. The van der Waals surface area contributed by atoms with E-state index < -0.39 is 5.60 Å². The Labute approximate surface area is 161 Å². The van der Waals surface area contributed by atoms with Crippen molar-refractivity contribution in [1.29, 1.82) is 0 Å². The summed E-state index contributed by atoms with van der Waals surface area (Å²) in [5.41, 5.74) is 0.247. The second kappa shape index (κ2) is 9.13. The molecule has 2 heterocycles. The summed E-state index contributed by atoms with van der Waals surface area (Å²) in [5, 5.41) is 14.4. The molecule has 0 saturated carbocycles. The van der Waals surface area contributed by atoms with Crippen LogP contribution in [-0.2, 0) is 11.3 Å². The Morgan fingerprint density at radius 2 is 1.96 bits per heavy atom. The molecule has 1 aromatic carbocycles. The summed E-state index contributed by atoms with van der Waals surface area (Å²) in [4.78, 5) is 16.8. The number of nitrogens with one attached hydrogen (secondary N) is 1. The van der Waals surface area contributed by atoms with Gasteiger partial charge in [0.2, 0.25) is 5.91 Å². The topological polar surface area (TPSA) is 55.8 Å². The van der Waals surface area contributed by atoms with Crippen LogP contribution >= 0.6 is 0 Å². The first-order chi connectivity index (χ1) is 13.0. The van der Waals surface area contributed by atoms with Gasteiger partial charge in [-0.15, -0.1) is 0 Å². The first kappa shape index (κ1) is 20.2. The molecule has 2 aliphatic heterocycles. The van der Waals surface area contributed by atoms with Crippen molar-refractivity contribution < 1.29 is 14.3 Å². The lowest BCUT2D eigenvalue weighted by Crippen LogP contribution is -2.44. The van der Waals surface area contributed by atoms with Crippen molar-refractivity contribution in [2.75, 3.05) is 39.8 Å². The van der Waals surface area contributed by atoms with Gasteiger partial charge in [0.15, 0.2) is 0 Å². The van der Waals surface area contributed by atoms with Crippen molar-refractivity contribution in [3.63, 3.8) is 0 Å². The average Bonchev–Trinajstić information content (AvgIpc) is 2.85. The number of rotatable bonds is 5. The molecule has 3 rings (SSSR count). The summed E-state index contributed by atoms with van der Waals surface area (Å²) in [7, 11) is 1.98. The van der Waals surface area contributed by atoms with Gasteiger partial charge in [-0.2, -0.15) is 0 Å². The summed E-state index contributed by atoms with van der Waals surface area (Å²) in [6, 6.07) is 6.49. The highest BCUT2D eigenvalue weighted by Crippen LogP contribution is 2.26. The Morgan fingerprint density at radius 1 is 1.26 bits per heavy atom. The third-order valence-corrected chi connectivity index (χ3v) is 5.85. The Morgan fingerprint density at radius 3 is 2.67 bits per heavy atom. The van der Waals surface area contributed by atoms with Crippen LogP contribution in [0.15, 0.2) is 24.3 Å². The van der Waals surface area contributed by atoms with Gasteiger partial charge < -0.3 is 15.3 Å². The van der Waals surface area contributed by atoms with Crippen molar-refractivity contribution in [2.45, 2.75) is 44.2 Å². The van der Waals surface area contributed by atoms with Gasteiger partial charge in [0.25, 0.3) is 0 Å². The standard InChI is InChI=1S/C21H32FN3O2/c1-24(15-17-3-5-19(22)6-4-17)16-21(27)9-2-13-25(14-10-21)20(26)18-7-11-23-12-8-18/h3-6,18,23,27H,2,7-16H2,1H3. The number of halogens is 1. The second-order valence-corrected chi connectivity index (χ2v) is 8.23. The normalized spacial score (nSPS) is 24.8. The SMILES string of the molecule is CN(Cc1ccc(F)cc1)CC1(O)CCCN(C(=O)C2CCNCC2)CC1. The fourth-order valence-electron chi connectivity index (χ4n) is 4.34. The highest BCUT2D eigenvalue weighted by Gasteiger charge is 2.34. The lowest BCUT2D eigenvalue weighted by molar-refractivity contribution is -0.136. The van der Waals surface area contributed by atoms with Crippen LogP contribution in [0.3, 0.4) is 0 Å². The smallest absolute Gasteiger partial charge is 0.225 e. The van der Waals surface area contributed by atoms with Crippen LogP contribution in [0.5, 0.6) is 0 Å². The fraction of sp³-hybridized carbons (Fsp3) is 0.667. The van der Waals surface area contributed by atoms with Crippen molar-refractivity contribution in [2.24, 2.45) is 5.92 Å². The predicted octanol–water partition coefficient (Wildman–Crippen LogP) is 2.00. The van der Waals surface area contributed by atoms with E-state index in [2.05, 4.69) is 10.2 Å². The van der Waals surface area contributed by atoms with Crippen LogP contribution in [0, 0.1) is 11.7 Å². The molecule has 2 saturated heterocycles.